The first-order valence-corrected chi connectivity index (χ1v) is 7.86. The van der Waals surface area contributed by atoms with E-state index >= 15 is 0 Å². The van der Waals surface area contributed by atoms with Gasteiger partial charge < -0.3 is 10.5 Å². The number of rotatable bonds is 5. The molecule has 0 aliphatic carbocycles. The summed E-state index contributed by atoms with van der Waals surface area (Å²) in [7, 11) is 0. The summed E-state index contributed by atoms with van der Waals surface area (Å²) in [6, 6.07) is 26.7. The van der Waals surface area contributed by atoms with Crippen LogP contribution < -0.4 is 10.5 Å². The van der Waals surface area contributed by atoms with Crippen LogP contribution in [0.2, 0.25) is 0 Å². The summed E-state index contributed by atoms with van der Waals surface area (Å²) in [5, 5.41) is 0. The van der Waals surface area contributed by atoms with Crippen molar-refractivity contribution < 1.29 is 4.74 Å². The van der Waals surface area contributed by atoms with E-state index in [1.165, 1.54) is 0 Å². The monoisotopic (exact) mass is 339 g/mol. The van der Waals surface area contributed by atoms with Crippen LogP contribution in [0.5, 0.6) is 5.75 Å². The molecule has 0 aromatic heterocycles. The molecule has 0 aliphatic rings. The Morgan fingerprint density at radius 2 is 1.58 bits per heavy atom. The van der Waals surface area contributed by atoms with Crippen LogP contribution in [0.25, 0.3) is 11.1 Å². The molecule has 3 aromatic carbocycles. The molecule has 3 rings (SSSR count). The summed E-state index contributed by atoms with van der Waals surface area (Å²) in [6.07, 6.45) is 0. The molecule has 2 N–H and O–H groups in total. The molecule has 2 nitrogen and oxygen atoms in total. The fraction of sp³-hybridized carbons (Fsp3) is 0.143. The molecule has 0 saturated carbocycles. The van der Waals surface area contributed by atoms with Crippen molar-refractivity contribution in [2.24, 2.45) is 5.73 Å². The van der Waals surface area contributed by atoms with E-state index < -0.39 is 0 Å². The van der Waals surface area contributed by atoms with Crippen molar-refractivity contribution in [2.75, 3.05) is 0 Å². The predicted molar refractivity (Wildman–Crippen MR) is 103 cm³/mol. The molecular formula is C21H22ClNO. The molecule has 0 spiro atoms. The van der Waals surface area contributed by atoms with Gasteiger partial charge in [-0.1, -0.05) is 66.7 Å². The van der Waals surface area contributed by atoms with Crippen LogP contribution in [-0.2, 0) is 6.61 Å². The summed E-state index contributed by atoms with van der Waals surface area (Å²) in [5.41, 5.74) is 10.5. The maximum atomic E-state index is 6.05. The van der Waals surface area contributed by atoms with Gasteiger partial charge in [-0.25, -0.2) is 0 Å². The fourth-order valence-corrected chi connectivity index (χ4v) is 2.56. The molecule has 24 heavy (non-hydrogen) atoms. The van der Waals surface area contributed by atoms with Crippen molar-refractivity contribution in [1.29, 1.82) is 0 Å². The molecule has 0 fully saturated rings. The SMILES string of the molecule is CC(N)c1cccc(-c2ccccc2OCc2ccccc2)c1.Cl. The minimum atomic E-state index is 0. The van der Waals surface area contributed by atoms with Crippen molar-refractivity contribution in [3.63, 3.8) is 0 Å². The van der Waals surface area contributed by atoms with Gasteiger partial charge in [-0.3, -0.25) is 0 Å². The number of ether oxygens (including phenoxy) is 1. The molecule has 1 atom stereocenters. The van der Waals surface area contributed by atoms with Gasteiger partial charge in [0.25, 0.3) is 0 Å². The Kier molecular flexibility index (Phi) is 6.42. The number of para-hydroxylation sites is 1. The maximum absolute atomic E-state index is 6.05. The maximum Gasteiger partial charge on any atom is 0.127 e. The lowest BCUT2D eigenvalue weighted by Crippen LogP contribution is -2.04. The van der Waals surface area contributed by atoms with E-state index in [1.807, 2.05) is 49.4 Å². The fourth-order valence-electron chi connectivity index (χ4n) is 2.56. The van der Waals surface area contributed by atoms with Crippen molar-refractivity contribution >= 4 is 12.4 Å². The van der Waals surface area contributed by atoms with Crippen LogP contribution in [-0.4, -0.2) is 0 Å². The van der Waals surface area contributed by atoms with Gasteiger partial charge in [0.05, 0.1) is 0 Å². The third kappa shape index (κ3) is 4.38. The van der Waals surface area contributed by atoms with Crippen LogP contribution in [0.15, 0.2) is 78.9 Å². The third-order valence-corrected chi connectivity index (χ3v) is 3.85. The van der Waals surface area contributed by atoms with Gasteiger partial charge in [0.15, 0.2) is 0 Å². The quantitative estimate of drug-likeness (QED) is 0.677. The Morgan fingerprint density at radius 1 is 0.875 bits per heavy atom. The van der Waals surface area contributed by atoms with E-state index in [-0.39, 0.29) is 18.4 Å². The minimum absolute atomic E-state index is 0. The zero-order valence-electron chi connectivity index (χ0n) is 13.7. The highest BCUT2D eigenvalue weighted by molar-refractivity contribution is 5.85. The van der Waals surface area contributed by atoms with Crippen molar-refractivity contribution in [1.82, 2.24) is 0 Å². The Labute approximate surface area is 149 Å². The molecule has 124 valence electrons. The molecule has 0 radical (unpaired) electrons. The normalized spacial score (nSPS) is 11.4. The molecule has 0 aliphatic heterocycles. The van der Waals surface area contributed by atoms with Crippen molar-refractivity contribution in [3.05, 3.63) is 90.0 Å². The Hall–Kier alpha value is -2.29. The number of benzene rings is 3. The smallest absolute Gasteiger partial charge is 0.127 e. The van der Waals surface area contributed by atoms with E-state index in [2.05, 4.69) is 36.4 Å². The van der Waals surface area contributed by atoms with Gasteiger partial charge in [0.2, 0.25) is 0 Å². The van der Waals surface area contributed by atoms with Gasteiger partial charge in [-0.05, 0) is 35.7 Å². The standard InChI is InChI=1S/C21H21NO.ClH/c1-16(22)18-10-7-11-19(14-18)20-12-5-6-13-21(20)23-15-17-8-3-2-4-9-17;/h2-14,16H,15,22H2,1H3;1H. The topological polar surface area (TPSA) is 35.2 Å². The minimum Gasteiger partial charge on any atom is -0.488 e. The first-order chi connectivity index (χ1) is 11.2. The van der Waals surface area contributed by atoms with Crippen LogP contribution in [0.1, 0.15) is 24.1 Å². The number of hydrogen-bond donors (Lipinski definition) is 1. The number of nitrogens with two attached hydrogens (primary N) is 1. The number of halogens is 1. The van der Waals surface area contributed by atoms with Crippen molar-refractivity contribution in [3.8, 4) is 16.9 Å². The Bertz CT molecular complexity index is 772. The van der Waals surface area contributed by atoms with E-state index in [9.17, 15) is 0 Å². The molecule has 1 unspecified atom stereocenters. The van der Waals surface area contributed by atoms with E-state index in [1.54, 1.807) is 0 Å². The Balaban J connectivity index is 0.00000208. The first-order valence-electron chi connectivity index (χ1n) is 7.86. The largest absolute Gasteiger partial charge is 0.488 e. The van der Waals surface area contributed by atoms with Crippen LogP contribution in [0.3, 0.4) is 0 Å². The van der Waals surface area contributed by atoms with Gasteiger partial charge in [-0.15, -0.1) is 12.4 Å². The number of hydrogen-bond acceptors (Lipinski definition) is 2. The van der Waals surface area contributed by atoms with Gasteiger partial charge in [0.1, 0.15) is 12.4 Å². The predicted octanol–water partition coefficient (Wildman–Crippen LogP) is 5.37. The van der Waals surface area contributed by atoms with Gasteiger partial charge in [0, 0.05) is 11.6 Å². The average Bonchev–Trinajstić information content (AvgIpc) is 2.61. The molecule has 0 amide bonds. The summed E-state index contributed by atoms with van der Waals surface area (Å²) in [4.78, 5) is 0. The molecule has 0 bridgehead atoms. The average molecular weight is 340 g/mol. The zero-order valence-corrected chi connectivity index (χ0v) is 14.5. The summed E-state index contributed by atoms with van der Waals surface area (Å²) < 4.78 is 6.05. The summed E-state index contributed by atoms with van der Waals surface area (Å²) in [5.74, 6) is 0.887. The van der Waals surface area contributed by atoms with E-state index in [4.69, 9.17) is 10.5 Å². The third-order valence-electron chi connectivity index (χ3n) is 3.85. The first kappa shape index (κ1) is 18.1. The van der Waals surface area contributed by atoms with Crippen LogP contribution >= 0.6 is 12.4 Å². The van der Waals surface area contributed by atoms with Crippen molar-refractivity contribution in [2.45, 2.75) is 19.6 Å². The second-order valence-electron chi connectivity index (χ2n) is 5.68. The second kappa shape index (κ2) is 8.53. The van der Waals surface area contributed by atoms with E-state index in [0.717, 1.165) is 28.0 Å². The molecule has 3 heteroatoms. The van der Waals surface area contributed by atoms with E-state index in [0.29, 0.717) is 6.61 Å². The summed E-state index contributed by atoms with van der Waals surface area (Å²) in [6.45, 7) is 2.56. The van der Waals surface area contributed by atoms with Crippen LogP contribution in [0, 0.1) is 0 Å². The lowest BCUT2D eigenvalue weighted by Gasteiger charge is -2.13. The second-order valence-corrected chi connectivity index (χ2v) is 5.68. The lowest BCUT2D eigenvalue weighted by atomic mass is 10.00. The molecule has 0 saturated heterocycles. The highest BCUT2D eigenvalue weighted by Gasteiger charge is 2.08. The lowest BCUT2D eigenvalue weighted by molar-refractivity contribution is 0.307. The molecule has 3 aromatic rings. The molecular weight excluding hydrogens is 318 g/mol. The zero-order chi connectivity index (χ0) is 16.1. The highest BCUT2D eigenvalue weighted by Crippen LogP contribution is 2.31. The highest BCUT2D eigenvalue weighted by atomic mass is 35.5. The molecule has 0 heterocycles. The summed E-state index contributed by atoms with van der Waals surface area (Å²) >= 11 is 0. The Morgan fingerprint density at radius 3 is 2.33 bits per heavy atom. The van der Waals surface area contributed by atoms with Gasteiger partial charge >= 0.3 is 0 Å². The van der Waals surface area contributed by atoms with Crippen LogP contribution in [0.4, 0.5) is 0 Å². The van der Waals surface area contributed by atoms with Gasteiger partial charge in [-0.2, -0.15) is 0 Å².